The van der Waals surface area contributed by atoms with Crippen molar-refractivity contribution in [3.05, 3.63) is 88.5 Å². The Kier molecular flexibility index (Phi) is 8.78. The maximum Gasteiger partial charge on any atom is 0.433 e. The predicted octanol–water partition coefficient (Wildman–Crippen LogP) is 6.69. The number of nitrogens with zero attached hydrogens (tertiary/aromatic N) is 6. The van der Waals surface area contributed by atoms with Crippen molar-refractivity contribution in [3.8, 4) is 0 Å². The number of rotatable bonds is 6. The molecule has 2 aromatic heterocycles. The lowest BCUT2D eigenvalue weighted by Crippen LogP contribution is -2.34. The molecule has 8 nitrogen and oxygen atoms in total. The van der Waals surface area contributed by atoms with Crippen LogP contribution in [0.1, 0.15) is 52.4 Å². The molecule has 3 heterocycles. The van der Waals surface area contributed by atoms with Gasteiger partial charge in [-0.15, -0.1) is 10.2 Å². The van der Waals surface area contributed by atoms with E-state index in [2.05, 4.69) is 25.6 Å². The molecule has 0 unspecified atom stereocenters. The first-order valence-corrected chi connectivity index (χ1v) is 12.7. The van der Waals surface area contributed by atoms with Crippen LogP contribution in [0.5, 0.6) is 0 Å². The highest BCUT2D eigenvalue weighted by atomic mass is 19.4. The van der Waals surface area contributed by atoms with Crippen LogP contribution in [-0.2, 0) is 25.4 Å². The maximum atomic E-state index is 14.0. The van der Waals surface area contributed by atoms with E-state index in [1.807, 2.05) is 4.90 Å². The molecular formula is C27H28F6N8. The van der Waals surface area contributed by atoms with Gasteiger partial charge in [-0.25, -0.2) is 5.53 Å². The molecule has 14 heteroatoms. The molecule has 1 aliphatic rings. The molecule has 1 aliphatic heterocycles. The summed E-state index contributed by atoms with van der Waals surface area (Å²) in [5.74, 6) is -0.0801. The van der Waals surface area contributed by atoms with E-state index in [-0.39, 0.29) is 18.1 Å². The van der Waals surface area contributed by atoms with Gasteiger partial charge >= 0.3 is 12.4 Å². The Balaban J connectivity index is 1.83. The molecular weight excluding hydrogens is 550 g/mol. The Morgan fingerprint density at radius 2 is 1.80 bits per heavy atom. The van der Waals surface area contributed by atoms with E-state index >= 15 is 0 Å². The lowest BCUT2D eigenvalue weighted by Gasteiger charge is -2.34. The second-order valence-corrected chi connectivity index (χ2v) is 9.58. The van der Waals surface area contributed by atoms with Crippen molar-refractivity contribution in [1.29, 1.82) is 5.53 Å². The van der Waals surface area contributed by atoms with Gasteiger partial charge < -0.3 is 15.2 Å². The van der Waals surface area contributed by atoms with E-state index in [9.17, 15) is 26.3 Å². The van der Waals surface area contributed by atoms with Crippen molar-refractivity contribution < 1.29 is 26.3 Å². The summed E-state index contributed by atoms with van der Waals surface area (Å²) in [5.41, 5.74) is 10.7. The first kappa shape index (κ1) is 29.7. The largest absolute Gasteiger partial charge is 0.433 e. The first-order valence-electron chi connectivity index (χ1n) is 12.7. The Hall–Kier alpha value is -4.23. The molecule has 0 spiro atoms. The average molecular weight is 579 g/mol. The van der Waals surface area contributed by atoms with Crippen molar-refractivity contribution >= 4 is 11.6 Å². The summed E-state index contributed by atoms with van der Waals surface area (Å²) in [4.78, 5) is 11.0. The van der Waals surface area contributed by atoms with Crippen molar-refractivity contribution in [2.24, 2.45) is 10.2 Å². The Morgan fingerprint density at radius 3 is 2.39 bits per heavy atom. The SMILES string of the molecule is CN/N=C(\N=N)N(Cc1ccc(C(F)(F)F)nc1)[C@H]1CCCN(Cc2ccncc2)c2cc(C(F)(F)F)c(C)cc21. The smallest absolute Gasteiger partial charge is 0.367 e. The van der Waals surface area contributed by atoms with Crippen LogP contribution in [0.3, 0.4) is 0 Å². The number of hydrogen-bond donors (Lipinski definition) is 2. The zero-order chi connectivity index (χ0) is 29.8. The summed E-state index contributed by atoms with van der Waals surface area (Å²) in [6, 6.07) is 7.76. The number of aryl methyl sites for hydroxylation is 1. The van der Waals surface area contributed by atoms with Crippen LogP contribution in [0.15, 0.2) is 65.2 Å². The van der Waals surface area contributed by atoms with Gasteiger partial charge in [0.1, 0.15) is 5.69 Å². The summed E-state index contributed by atoms with van der Waals surface area (Å²) in [6.45, 7) is 2.13. The minimum absolute atomic E-state index is 0.0260. The van der Waals surface area contributed by atoms with Crippen LogP contribution in [0.4, 0.5) is 32.0 Å². The molecule has 3 aromatic rings. The first-order chi connectivity index (χ1) is 19.4. The van der Waals surface area contributed by atoms with Crippen LogP contribution < -0.4 is 10.3 Å². The van der Waals surface area contributed by atoms with Crippen LogP contribution in [0, 0.1) is 12.5 Å². The van der Waals surface area contributed by atoms with Crippen LogP contribution in [0.2, 0.25) is 0 Å². The molecule has 4 rings (SSSR count). The molecule has 0 saturated heterocycles. The fourth-order valence-electron chi connectivity index (χ4n) is 4.97. The Labute approximate surface area is 232 Å². The van der Waals surface area contributed by atoms with Gasteiger partial charge in [0.25, 0.3) is 5.96 Å². The van der Waals surface area contributed by atoms with E-state index in [4.69, 9.17) is 5.53 Å². The standard InChI is InChI=1S/C27H28F6N8/c1-17-12-20-22(41(25(38-34)39-35-2)16-19-5-6-24(37-14-19)27(31,32)33)4-3-11-40(15-18-7-9-36-10-8-18)23(20)13-21(17)26(28,29)30/h5-10,12-14,22,34-35H,3-4,11,15-16H2,1-2H3/b38-34?,39-25+/t22-/m0/s1. The van der Waals surface area contributed by atoms with Crippen LogP contribution in [0.25, 0.3) is 0 Å². The summed E-state index contributed by atoms with van der Waals surface area (Å²) >= 11 is 0. The lowest BCUT2D eigenvalue weighted by molar-refractivity contribution is -0.141. The van der Waals surface area contributed by atoms with Crippen LogP contribution >= 0.6 is 0 Å². The lowest BCUT2D eigenvalue weighted by atomic mass is 9.94. The highest BCUT2D eigenvalue weighted by molar-refractivity contribution is 5.81. The van der Waals surface area contributed by atoms with Crippen molar-refractivity contribution in [2.45, 2.75) is 51.2 Å². The number of benzene rings is 1. The van der Waals surface area contributed by atoms with Crippen molar-refractivity contribution in [2.75, 3.05) is 18.5 Å². The molecule has 0 bridgehead atoms. The third-order valence-electron chi connectivity index (χ3n) is 6.82. The number of aromatic nitrogens is 2. The molecule has 218 valence electrons. The molecule has 2 N–H and O–H groups in total. The zero-order valence-electron chi connectivity index (χ0n) is 22.3. The van der Waals surface area contributed by atoms with Gasteiger partial charge in [-0.3, -0.25) is 9.97 Å². The normalized spacial score (nSPS) is 16.1. The topological polar surface area (TPSA) is 92.9 Å². The number of guanidine groups is 1. The van der Waals surface area contributed by atoms with E-state index in [0.717, 1.165) is 23.9 Å². The number of halogens is 6. The van der Waals surface area contributed by atoms with Gasteiger partial charge in [-0.1, -0.05) is 12.1 Å². The molecule has 0 aliphatic carbocycles. The molecule has 1 aromatic carbocycles. The number of fused-ring (bicyclic) bond motifs is 1. The predicted molar refractivity (Wildman–Crippen MR) is 140 cm³/mol. The van der Waals surface area contributed by atoms with Gasteiger partial charge in [0, 0.05) is 51.0 Å². The number of hydrogen-bond acceptors (Lipinski definition) is 6. The van der Waals surface area contributed by atoms with E-state index in [1.165, 1.54) is 26.1 Å². The average Bonchev–Trinajstić information content (AvgIpc) is 3.08. The zero-order valence-corrected chi connectivity index (χ0v) is 22.3. The summed E-state index contributed by atoms with van der Waals surface area (Å²) < 4.78 is 81.3. The van der Waals surface area contributed by atoms with Gasteiger partial charge in [0.05, 0.1) is 11.6 Å². The van der Waals surface area contributed by atoms with Crippen molar-refractivity contribution in [1.82, 2.24) is 20.3 Å². The highest BCUT2D eigenvalue weighted by Gasteiger charge is 2.37. The van der Waals surface area contributed by atoms with Gasteiger partial charge in [0.2, 0.25) is 0 Å². The fraction of sp³-hybridized carbons (Fsp3) is 0.370. The molecule has 1 atom stereocenters. The maximum absolute atomic E-state index is 14.0. The molecule has 0 amide bonds. The molecule has 0 fully saturated rings. The number of hydrazone groups is 1. The van der Waals surface area contributed by atoms with Crippen molar-refractivity contribution in [3.63, 3.8) is 0 Å². The van der Waals surface area contributed by atoms with Gasteiger partial charge in [-0.05, 0) is 66.3 Å². The second kappa shape index (κ2) is 12.1. The van der Waals surface area contributed by atoms with Gasteiger partial charge in [-0.2, -0.15) is 26.3 Å². The minimum Gasteiger partial charge on any atom is -0.367 e. The minimum atomic E-state index is -4.61. The van der Waals surface area contributed by atoms with Gasteiger partial charge in [0.15, 0.2) is 0 Å². The van der Waals surface area contributed by atoms with E-state index in [0.29, 0.717) is 42.7 Å². The van der Waals surface area contributed by atoms with Crippen LogP contribution in [-0.4, -0.2) is 34.4 Å². The Morgan fingerprint density at radius 1 is 1.07 bits per heavy atom. The summed E-state index contributed by atoms with van der Waals surface area (Å²) in [6.07, 6.45) is -3.85. The van der Waals surface area contributed by atoms with E-state index < -0.39 is 29.7 Å². The number of pyridine rings is 2. The third kappa shape index (κ3) is 6.92. The molecule has 0 radical (unpaired) electrons. The summed E-state index contributed by atoms with van der Waals surface area (Å²) in [5, 5.41) is 7.62. The summed E-state index contributed by atoms with van der Waals surface area (Å²) in [7, 11) is 1.50. The molecule has 0 saturated carbocycles. The third-order valence-corrected chi connectivity index (χ3v) is 6.82. The second-order valence-electron chi connectivity index (χ2n) is 9.58. The monoisotopic (exact) mass is 578 g/mol. The molecule has 41 heavy (non-hydrogen) atoms. The quantitative estimate of drug-likeness (QED) is 0.112. The van der Waals surface area contributed by atoms with E-state index in [1.54, 1.807) is 29.4 Å². The number of alkyl halides is 6. The Bertz CT molecular complexity index is 1370. The number of anilines is 1. The highest BCUT2D eigenvalue weighted by Crippen LogP contribution is 2.43. The number of nitrogens with one attached hydrogen (secondary N) is 2. The fourth-order valence-corrected chi connectivity index (χ4v) is 4.97.